The van der Waals surface area contributed by atoms with Crippen molar-refractivity contribution in [2.24, 2.45) is 0 Å². The molecule has 4 amide bonds. The van der Waals surface area contributed by atoms with E-state index in [-0.39, 0.29) is 35.7 Å². The molecule has 4 atom stereocenters. The Balaban J connectivity index is 0.957. The van der Waals surface area contributed by atoms with E-state index in [1.165, 1.54) is 13.8 Å². The Bertz CT molecular complexity index is 2690. The van der Waals surface area contributed by atoms with Crippen LogP contribution in [-0.4, -0.2) is 71.4 Å². The molecule has 0 radical (unpaired) electrons. The molecule has 0 aliphatic carbocycles. The van der Waals surface area contributed by atoms with Crippen LogP contribution in [0, 0.1) is 0 Å². The van der Waals surface area contributed by atoms with Gasteiger partial charge >= 0.3 is 0 Å². The van der Waals surface area contributed by atoms with Gasteiger partial charge in [-0.2, -0.15) is 0 Å². The standard InChI is InChI=1S/C45H43N9O5/c1-26(55)47-38(28-12-5-3-6-13-28)44(57)53-22-10-18-35(53)41-49-32-21-20-30(24-34(32)51-41)37-25-46-43(59-37)31-16-9-17-33-40(31)52-42(50-33)36-19-11-23-54(36)45(58)39(48-27(2)56)29-14-7-4-8-15-29/h3-9,12-17,20-21,24-25,35-36,38-39H,10-11,18-19,22-23H2,1-2H3,(H,47,55)(H,48,56)(H,49,51)(H,50,52)/t35-,36-,38?,39?/m0/s1. The molecule has 0 spiro atoms. The summed E-state index contributed by atoms with van der Waals surface area (Å²) in [6, 6.07) is 28.0. The third-order valence-corrected chi connectivity index (χ3v) is 11.2. The number of para-hydroxylation sites is 1. The predicted molar refractivity (Wildman–Crippen MR) is 220 cm³/mol. The zero-order valence-electron chi connectivity index (χ0n) is 32.6. The Hall–Kier alpha value is -7.09. The lowest BCUT2D eigenvalue weighted by molar-refractivity contribution is -0.137. The zero-order valence-corrected chi connectivity index (χ0v) is 32.6. The van der Waals surface area contributed by atoms with Crippen molar-refractivity contribution < 1.29 is 23.6 Å². The predicted octanol–water partition coefficient (Wildman–Crippen LogP) is 6.84. The zero-order chi connectivity index (χ0) is 40.6. The van der Waals surface area contributed by atoms with Gasteiger partial charge in [0.2, 0.25) is 29.5 Å². The second-order valence-corrected chi connectivity index (χ2v) is 15.2. The van der Waals surface area contributed by atoms with Gasteiger partial charge in [0.05, 0.1) is 40.4 Å². The van der Waals surface area contributed by atoms with E-state index < -0.39 is 12.1 Å². The minimum atomic E-state index is -0.803. The number of carbonyl (C=O) groups is 4. The van der Waals surface area contributed by atoms with E-state index in [1.54, 1.807) is 11.1 Å². The lowest BCUT2D eigenvalue weighted by atomic mass is 10.0. The van der Waals surface area contributed by atoms with Crippen molar-refractivity contribution in [1.29, 1.82) is 0 Å². The van der Waals surface area contributed by atoms with Gasteiger partial charge in [-0.15, -0.1) is 0 Å². The number of carbonyl (C=O) groups excluding carboxylic acids is 4. The third-order valence-electron chi connectivity index (χ3n) is 11.2. The maximum atomic E-state index is 14.0. The first kappa shape index (κ1) is 37.5. The first-order valence-electron chi connectivity index (χ1n) is 19.9. The monoisotopic (exact) mass is 789 g/mol. The van der Waals surface area contributed by atoms with Crippen LogP contribution in [0.25, 0.3) is 44.8 Å². The summed E-state index contributed by atoms with van der Waals surface area (Å²) in [6.45, 7) is 3.94. The summed E-state index contributed by atoms with van der Waals surface area (Å²) in [4.78, 5) is 77.4. The number of imidazole rings is 2. The van der Waals surface area contributed by atoms with Crippen molar-refractivity contribution in [3.8, 4) is 22.8 Å². The molecular formula is C45H43N9O5. The fourth-order valence-corrected chi connectivity index (χ4v) is 8.49. The van der Waals surface area contributed by atoms with E-state index in [2.05, 4.69) is 25.6 Å². The number of nitrogens with one attached hydrogen (secondary N) is 4. The summed E-state index contributed by atoms with van der Waals surface area (Å²) in [7, 11) is 0. The Morgan fingerprint density at radius 2 is 1.27 bits per heavy atom. The van der Waals surface area contributed by atoms with E-state index in [4.69, 9.17) is 14.4 Å². The fourth-order valence-electron chi connectivity index (χ4n) is 8.49. The minimum Gasteiger partial charge on any atom is -0.436 e. The lowest BCUT2D eigenvalue weighted by Crippen LogP contribution is -2.42. The molecule has 4 N–H and O–H groups in total. The van der Waals surface area contributed by atoms with Crippen LogP contribution in [0.5, 0.6) is 0 Å². The highest BCUT2D eigenvalue weighted by Gasteiger charge is 2.38. The van der Waals surface area contributed by atoms with E-state index in [9.17, 15) is 19.2 Å². The van der Waals surface area contributed by atoms with Gasteiger partial charge in [-0.05, 0) is 67.1 Å². The summed E-state index contributed by atoms with van der Waals surface area (Å²) in [5.41, 5.74) is 5.96. The Morgan fingerprint density at radius 3 is 1.86 bits per heavy atom. The van der Waals surface area contributed by atoms with Gasteiger partial charge in [-0.1, -0.05) is 66.7 Å². The quantitative estimate of drug-likeness (QED) is 0.116. The van der Waals surface area contributed by atoms with Crippen molar-refractivity contribution in [1.82, 2.24) is 45.4 Å². The third kappa shape index (κ3) is 7.33. The van der Waals surface area contributed by atoms with Crippen molar-refractivity contribution in [2.45, 2.75) is 63.7 Å². The number of benzene rings is 4. The van der Waals surface area contributed by atoms with Crippen LogP contribution in [0.3, 0.4) is 0 Å². The van der Waals surface area contributed by atoms with Crippen LogP contribution in [0.15, 0.2) is 108 Å². The Morgan fingerprint density at radius 1 is 0.695 bits per heavy atom. The number of likely N-dealkylation sites (tertiary alicyclic amines) is 2. The van der Waals surface area contributed by atoms with E-state index >= 15 is 0 Å². The molecule has 2 saturated heterocycles. The molecule has 9 rings (SSSR count). The molecule has 2 fully saturated rings. The molecule has 2 unspecified atom stereocenters. The van der Waals surface area contributed by atoms with Gasteiger partial charge in [0.15, 0.2) is 5.76 Å². The molecular weight excluding hydrogens is 747 g/mol. The molecule has 0 bridgehead atoms. The summed E-state index contributed by atoms with van der Waals surface area (Å²) >= 11 is 0. The number of hydrogen-bond acceptors (Lipinski definition) is 8. The van der Waals surface area contributed by atoms with Crippen molar-refractivity contribution in [3.05, 3.63) is 126 Å². The van der Waals surface area contributed by atoms with Crippen LogP contribution in [0.4, 0.5) is 0 Å². The number of H-pyrrole nitrogens is 2. The highest BCUT2D eigenvalue weighted by Crippen LogP contribution is 2.38. The van der Waals surface area contributed by atoms with Gasteiger partial charge in [-0.3, -0.25) is 19.2 Å². The van der Waals surface area contributed by atoms with Crippen molar-refractivity contribution in [3.63, 3.8) is 0 Å². The second kappa shape index (κ2) is 15.7. The smallest absolute Gasteiger partial charge is 0.250 e. The molecule has 0 saturated carbocycles. The molecule has 2 aliphatic heterocycles. The maximum Gasteiger partial charge on any atom is 0.250 e. The fraction of sp³-hybridized carbons (Fsp3) is 0.267. The lowest BCUT2D eigenvalue weighted by Gasteiger charge is -2.28. The molecule has 3 aromatic heterocycles. The van der Waals surface area contributed by atoms with Gasteiger partial charge in [-0.25, -0.2) is 15.0 Å². The number of aromatic amines is 2. The maximum absolute atomic E-state index is 14.0. The molecule has 5 heterocycles. The van der Waals surface area contributed by atoms with Crippen LogP contribution in [-0.2, 0) is 19.2 Å². The molecule has 298 valence electrons. The molecule has 7 aromatic rings. The van der Waals surface area contributed by atoms with Crippen molar-refractivity contribution >= 4 is 45.7 Å². The minimum absolute atomic E-state index is 0.170. The van der Waals surface area contributed by atoms with Crippen LogP contribution in [0.1, 0.15) is 86.5 Å². The van der Waals surface area contributed by atoms with E-state index in [1.807, 2.05) is 102 Å². The summed E-state index contributed by atoms with van der Waals surface area (Å²) in [5, 5.41) is 5.69. The first-order chi connectivity index (χ1) is 28.7. The molecule has 2 aliphatic rings. The summed E-state index contributed by atoms with van der Waals surface area (Å²) < 4.78 is 6.39. The van der Waals surface area contributed by atoms with E-state index in [0.717, 1.165) is 58.9 Å². The normalized spacial score (nSPS) is 17.7. The number of hydrogen-bond donors (Lipinski definition) is 4. The van der Waals surface area contributed by atoms with Gasteiger partial charge in [0.25, 0.3) is 0 Å². The number of rotatable bonds is 10. The second-order valence-electron chi connectivity index (χ2n) is 15.2. The number of amides is 4. The molecule has 59 heavy (non-hydrogen) atoms. The number of nitrogens with zero attached hydrogens (tertiary/aromatic N) is 5. The van der Waals surface area contributed by atoms with Gasteiger partial charge < -0.3 is 34.8 Å². The number of oxazole rings is 1. The van der Waals surface area contributed by atoms with Crippen LogP contribution < -0.4 is 10.6 Å². The van der Waals surface area contributed by atoms with Crippen molar-refractivity contribution in [2.75, 3.05) is 13.1 Å². The van der Waals surface area contributed by atoms with Gasteiger partial charge in [0, 0.05) is 32.5 Å². The average Bonchev–Trinajstić information content (AvgIpc) is 4.10. The topological polar surface area (TPSA) is 182 Å². The summed E-state index contributed by atoms with van der Waals surface area (Å²) in [5.74, 6) is 1.40. The largest absolute Gasteiger partial charge is 0.436 e. The highest BCUT2D eigenvalue weighted by molar-refractivity contribution is 5.92. The first-order valence-corrected chi connectivity index (χ1v) is 19.9. The molecule has 14 heteroatoms. The van der Waals surface area contributed by atoms with Gasteiger partial charge in [0.1, 0.15) is 29.2 Å². The SMILES string of the molecule is CC(=O)NC(C(=O)N1CCC[C@H]1c1nc2ccc(-c3cnc(-c4cccc5[nH]c([C@@H]6CCCN6C(=O)C(NC(C)=O)c6ccccc6)nc45)o3)cc2[nH]1)c1ccccc1. The number of aromatic nitrogens is 5. The van der Waals surface area contributed by atoms with Crippen LogP contribution in [0.2, 0.25) is 0 Å². The Labute approximate surface area is 339 Å². The van der Waals surface area contributed by atoms with E-state index in [0.29, 0.717) is 47.5 Å². The van der Waals surface area contributed by atoms with Crippen LogP contribution >= 0.6 is 0 Å². The Kier molecular flexibility index (Phi) is 9.97. The highest BCUT2D eigenvalue weighted by atomic mass is 16.4. The molecule has 4 aromatic carbocycles. The average molecular weight is 790 g/mol. The summed E-state index contributed by atoms with van der Waals surface area (Å²) in [6.07, 6.45) is 4.77. The molecule has 14 nitrogen and oxygen atoms in total. The number of fused-ring (bicyclic) bond motifs is 2.